The van der Waals surface area contributed by atoms with Gasteiger partial charge in [0, 0.05) is 23.3 Å². The molecular formula is C24H20N2O. The maximum atomic E-state index is 13.1. The van der Waals surface area contributed by atoms with Crippen molar-refractivity contribution in [3.8, 4) is 33.9 Å². The van der Waals surface area contributed by atoms with Crippen LogP contribution in [0.1, 0.15) is 11.1 Å². The van der Waals surface area contributed by atoms with Crippen LogP contribution in [-0.4, -0.2) is 4.98 Å². The Kier molecular flexibility index (Phi) is 4.43. The largest absolute Gasteiger partial charge is 0.618 e. The lowest BCUT2D eigenvalue weighted by atomic mass is 10.1. The van der Waals surface area contributed by atoms with Gasteiger partial charge in [-0.25, -0.2) is 4.98 Å². The fourth-order valence-electron chi connectivity index (χ4n) is 3.25. The van der Waals surface area contributed by atoms with Crippen molar-refractivity contribution in [3.63, 3.8) is 0 Å². The Morgan fingerprint density at radius 1 is 0.630 bits per heavy atom. The van der Waals surface area contributed by atoms with Crippen LogP contribution in [0.3, 0.4) is 0 Å². The molecule has 132 valence electrons. The smallest absolute Gasteiger partial charge is 0.242 e. The van der Waals surface area contributed by atoms with Crippen LogP contribution in [0.5, 0.6) is 0 Å². The molecule has 2 heterocycles. The van der Waals surface area contributed by atoms with Crippen LogP contribution >= 0.6 is 0 Å². The lowest BCUT2D eigenvalue weighted by Gasteiger charge is -2.10. The zero-order valence-corrected chi connectivity index (χ0v) is 15.4. The molecule has 3 nitrogen and oxygen atoms in total. The van der Waals surface area contributed by atoms with Gasteiger partial charge in [-0.05, 0) is 50.2 Å². The summed E-state index contributed by atoms with van der Waals surface area (Å²) in [6, 6.07) is 27.5. The topological polar surface area (TPSA) is 39.8 Å². The van der Waals surface area contributed by atoms with Crippen LogP contribution in [0.4, 0.5) is 0 Å². The van der Waals surface area contributed by atoms with Gasteiger partial charge in [-0.2, -0.15) is 4.73 Å². The highest BCUT2D eigenvalue weighted by molar-refractivity contribution is 5.65. The second-order valence-corrected chi connectivity index (χ2v) is 6.74. The highest BCUT2D eigenvalue weighted by Gasteiger charge is 2.16. The van der Waals surface area contributed by atoms with Gasteiger partial charge in [0.15, 0.2) is 0 Å². The summed E-state index contributed by atoms with van der Waals surface area (Å²) in [4.78, 5) is 4.75. The Hall–Kier alpha value is -3.46. The van der Waals surface area contributed by atoms with Gasteiger partial charge >= 0.3 is 0 Å². The van der Waals surface area contributed by atoms with Gasteiger partial charge in [0.2, 0.25) is 11.4 Å². The first kappa shape index (κ1) is 17.0. The molecule has 0 spiro atoms. The molecule has 0 radical (unpaired) electrons. The predicted molar refractivity (Wildman–Crippen MR) is 109 cm³/mol. The van der Waals surface area contributed by atoms with Gasteiger partial charge in [0.25, 0.3) is 0 Å². The Bertz CT molecular complexity index is 1120. The fourth-order valence-corrected chi connectivity index (χ4v) is 3.25. The van der Waals surface area contributed by atoms with E-state index in [1.165, 1.54) is 5.56 Å². The van der Waals surface area contributed by atoms with Gasteiger partial charge in [-0.3, -0.25) is 0 Å². The first-order valence-electron chi connectivity index (χ1n) is 8.96. The number of benzene rings is 2. The van der Waals surface area contributed by atoms with Crippen LogP contribution in [0.25, 0.3) is 33.9 Å². The van der Waals surface area contributed by atoms with Crippen LogP contribution in [0, 0.1) is 19.1 Å². The standard InChI is InChI=1S/C24H20N2O/c1-17-7-3-9-19(15-17)21-11-5-12-22(25-21)24-14-6-13-23(26(24)27)20-10-4-8-18(2)16-20/h3-16H,1-2H3. The predicted octanol–water partition coefficient (Wildman–Crippen LogP) is 5.33. The van der Waals surface area contributed by atoms with E-state index in [0.717, 1.165) is 27.1 Å². The average Bonchev–Trinajstić information content (AvgIpc) is 2.68. The van der Waals surface area contributed by atoms with Gasteiger partial charge in [-0.15, -0.1) is 0 Å². The first-order valence-corrected chi connectivity index (χ1v) is 8.96. The number of aromatic nitrogens is 2. The SMILES string of the molecule is Cc1cccc(-c2cccc(-c3cccc(-c4cccc(C)c4)[n+]3[O-])n2)c1. The third-order valence-electron chi connectivity index (χ3n) is 4.58. The minimum Gasteiger partial charge on any atom is -0.618 e. The third kappa shape index (κ3) is 3.44. The van der Waals surface area contributed by atoms with Crippen molar-refractivity contribution in [2.24, 2.45) is 0 Å². The van der Waals surface area contributed by atoms with Crippen molar-refractivity contribution in [2.75, 3.05) is 0 Å². The van der Waals surface area contributed by atoms with Gasteiger partial charge in [0.1, 0.15) is 5.69 Å². The molecule has 2 aromatic carbocycles. The zero-order valence-electron chi connectivity index (χ0n) is 15.4. The highest BCUT2D eigenvalue weighted by Crippen LogP contribution is 2.24. The molecule has 0 saturated heterocycles. The first-order chi connectivity index (χ1) is 13.1. The Morgan fingerprint density at radius 2 is 1.19 bits per heavy atom. The van der Waals surface area contributed by atoms with Crippen molar-refractivity contribution in [1.29, 1.82) is 0 Å². The number of nitrogens with zero attached hydrogens (tertiary/aromatic N) is 2. The Balaban J connectivity index is 1.81. The number of aryl methyl sites for hydroxylation is 2. The lowest BCUT2D eigenvalue weighted by Crippen LogP contribution is -2.32. The van der Waals surface area contributed by atoms with E-state index >= 15 is 0 Å². The number of hydrogen-bond donors (Lipinski definition) is 0. The zero-order chi connectivity index (χ0) is 18.8. The third-order valence-corrected chi connectivity index (χ3v) is 4.58. The van der Waals surface area contributed by atoms with Gasteiger partial charge in [0.05, 0.1) is 5.69 Å². The van der Waals surface area contributed by atoms with E-state index in [0.29, 0.717) is 17.1 Å². The monoisotopic (exact) mass is 352 g/mol. The van der Waals surface area contributed by atoms with Crippen molar-refractivity contribution in [2.45, 2.75) is 13.8 Å². The Labute approximate surface area is 159 Å². The van der Waals surface area contributed by atoms with Crippen LogP contribution < -0.4 is 4.73 Å². The summed E-state index contributed by atoms with van der Waals surface area (Å²) in [6.45, 7) is 4.08. The molecule has 0 unspecified atom stereocenters. The average molecular weight is 352 g/mol. The number of hydrogen-bond acceptors (Lipinski definition) is 2. The molecule has 0 atom stereocenters. The minimum atomic E-state index is 0.545. The second kappa shape index (κ2) is 7.04. The molecule has 0 aliphatic rings. The summed E-state index contributed by atoms with van der Waals surface area (Å²) >= 11 is 0. The molecule has 0 amide bonds. The second-order valence-electron chi connectivity index (χ2n) is 6.74. The maximum Gasteiger partial charge on any atom is 0.242 e. The lowest BCUT2D eigenvalue weighted by molar-refractivity contribution is -0.582. The summed E-state index contributed by atoms with van der Waals surface area (Å²) in [5.74, 6) is 0. The highest BCUT2D eigenvalue weighted by atomic mass is 16.5. The number of pyridine rings is 2. The molecule has 2 aromatic heterocycles. The van der Waals surface area contributed by atoms with E-state index in [1.54, 1.807) is 0 Å². The van der Waals surface area contributed by atoms with Crippen LogP contribution in [-0.2, 0) is 0 Å². The molecule has 0 bridgehead atoms. The molecule has 0 saturated carbocycles. The van der Waals surface area contributed by atoms with Crippen molar-refractivity contribution in [3.05, 3.63) is 101 Å². The summed E-state index contributed by atoms with van der Waals surface area (Å²) < 4.78 is 0.969. The van der Waals surface area contributed by atoms with Crippen molar-refractivity contribution < 1.29 is 4.73 Å². The minimum absolute atomic E-state index is 0.545. The molecule has 0 N–H and O–H groups in total. The van der Waals surface area contributed by atoms with E-state index in [4.69, 9.17) is 4.98 Å². The number of rotatable bonds is 3. The van der Waals surface area contributed by atoms with E-state index in [9.17, 15) is 5.21 Å². The molecule has 0 aliphatic carbocycles. The Morgan fingerprint density at radius 3 is 1.93 bits per heavy atom. The quantitative estimate of drug-likeness (QED) is 0.369. The summed E-state index contributed by atoms with van der Waals surface area (Å²) in [5.41, 5.74) is 6.95. The normalized spacial score (nSPS) is 10.7. The summed E-state index contributed by atoms with van der Waals surface area (Å²) in [5, 5.41) is 13.1. The van der Waals surface area contributed by atoms with E-state index in [2.05, 4.69) is 19.1 Å². The molecule has 0 fully saturated rings. The van der Waals surface area contributed by atoms with E-state index < -0.39 is 0 Å². The van der Waals surface area contributed by atoms with E-state index in [1.807, 2.05) is 79.7 Å². The van der Waals surface area contributed by atoms with Gasteiger partial charge in [-0.1, -0.05) is 47.5 Å². The van der Waals surface area contributed by atoms with E-state index in [-0.39, 0.29) is 0 Å². The molecule has 0 aliphatic heterocycles. The van der Waals surface area contributed by atoms with Crippen LogP contribution in [0.15, 0.2) is 84.9 Å². The van der Waals surface area contributed by atoms with Crippen molar-refractivity contribution >= 4 is 0 Å². The van der Waals surface area contributed by atoms with Crippen LogP contribution in [0.2, 0.25) is 0 Å². The molecular weight excluding hydrogens is 332 g/mol. The molecule has 27 heavy (non-hydrogen) atoms. The summed E-state index contributed by atoms with van der Waals surface area (Å²) in [7, 11) is 0. The fraction of sp³-hybridized carbons (Fsp3) is 0.0833. The maximum absolute atomic E-state index is 13.1. The molecule has 3 heteroatoms. The molecule has 4 rings (SSSR count). The summed E-state index contributed by atoms with van der Waals surface area (Å²) in [6.07, 6.45) is 0. The molecule has 4 aromatic rings. The van der Waals surface area contributed by atoms with Crippen molar-refractivity contribution in [1.82, 2.24) is 4.98 Å². The van der Waals surface area contributed by atoms with Gasteiger partial charge < -0.3 is 5.21 Å².